The SMILES string of the molecule is CCOC1CC(NC(=O)c2ccc3c(c2)NC(=O)CS3)(C(=O)O)C1(C)C. The first-order valence-electron chi connectivity index (χ1n) is 8.45. The highest BCUT2D eigenvalue weighted by Gasteiger charge is 2.66. The summed E-state index contributed by atoms with van der Waals surface area (Å²) in [6, 6.07) is 4.98. The molecule has 2 unspecified atom stereocenters. The summed E-state index contributed by atoms with van der Waals surface area (Å²) in [5.41, 5.74) is -1.26. The van der Waals surface area contributed by atoms with E-state index in [1.165, 1.54) is 11.8 Å². The standard InChI is InChI=1S/C18H22N2O5S/c1-4-25-13-8-18(16(23)24,17(13,2)3)20-15(22)10-5-6-12-11(7-10)19-14(21)9-26-12/h5-7,13H,4,8-9H2,1-3H3,(H,19,21)(H,20,22)(H,23,24). The molecule has 1 aromatic carbocycles. The third kappa shape index (κ3) is 2.87. The first-order chi connectivity index (χ1) is 12.2. The van der Waals surface area contributed by atoms with E-state index in [0.29, 0.717) is 23.6 Å². The quantitative estimate of drug-likeness (QED) is 0.725. The molecule has 3 N–H and O–H groups in total. The highest BCUT2D eigenvalue weighted by atomic mass is 32.2. The van der Waals surface area contributed by atoms with Crippen molar-refractivity contribution in [2.75, 3.05) is 17.7 Å². The Morgan fingerprint density at radius 2 is 2.15 bits per heavy atom. The van der Waals surface area contributed by atoms with Gasteiger partial charge in [0.2, 0.25) is 5.91 Å². The van der Waals surface area contributed by atoms with Crippen LogP contribution in [0.3, 0.4) is 0 Å². The van der Waals surface area contributed by atoms with Gasteiger partial charge >= 0.3 is 5.97 Å². The Kier molecular flexibility index (Phi) is 4.74. The molecule has 1 heterocycles. The van der Waals surface area contributed by atoms with Crippen LogP contribution < -0.4 is 10.6 Å². The second-order valence-electron chi connectivity index (χ2n) is 7.08. The third-order valence-electron chi connectivity index (χ3n) is 5.33. The summed E-state index contributed by atoms with van der Waals surface area (Å²) in [4.78, 5) is 37.1. The molecule has 0 saturated heterocycles. The van der Waals surface area contributed by atoms with E-state index in [9.17, 15) is 19.5 Å². The topological polar surface area (TPSA) is 105 Å². The molecule has 0 aromatic heterocycles. The maximum atomic E-state index is 12.7. The molecule has 0 radical (unpaired) electrons. The van der Waals surface area contributed by atoms with Gasteiger partial charge in [-0.2, -0.15) is 0 Å². The lowest BCUT2D eigenvalue weighted by molar-refractivity contribution is -0.190. The van der Waals surface area contributed by atoms with Crippen LogP contribution in [0.25, 0.3) is 0 Å². The summed E-state index contributed by atoms with van der Waals surface area (Å²) in [6.45, 7) is 5.92. The lowest BCUT2D eigenvalue weighted by atomic mass is 9.54. The number of thioether (sulfide) groups is 1. The maximum absolute atomic E-state index is 12.7. The van der Waals surface area contributed by atoms with E-state index < -0.39 is 22.8 Å². The van der Waals surface area contributed by atoms with Crippen molar-refractivity contribution in [3.63, 3.8) is 0 Å². The van der Waals surface area contributed by atoms with Crippen LogP contribution in [-0.4, -0.2) is 46.9 Å². The highest BCUT2D eigenvalue weighted by molar-refractivity contribution is 8.00. The number of rotatable bonds is 5. The number of benzene rings is 1. The van der Waals surface area contributed by atoms with Crippen molar-refractivity contribution in [1.82, 2.24) is 5.32 Å². The van der Waals surface area contributed by atoms with Crippen molar-refractivity contribution < 1.29 is 24.2 Å². The van der Waals surface area contributed by atoms with Crippen LogP contribution in [0.15, 0.2) is 23.1 Å². The van der Waals surface area contributed by atoms with Gasteiger partial charge in [-0.1, -0.05) is 13.8 Å². The number of amides is 2. The fourth-order valence-corrected chi connectivity index (χ4v) is 4.32. The first kappa shape index (κ1) is 18.7. The van der Waals surface area contributed by atoms with Gasteiger partial charge in [0.15, 0.2) is 0 Å². The van der Waals surface area contributed by atoms with Gasteiger partial charge in [0.1, 0.15) is 5.54 Å². The van der Waals surface area contributed by atoms with Crippen molar-refractivity contribution in [1.29, 1.82) is 0 Å². The van der Waals surface area contributed by atoms with E-state index in [2.05, 4.69) is 10.6 Å². The smallest absolute Gasteiger partial charge is 0.330 e. The minimum absolute atomic E-state index is 0.123. The summed E-state index contributed by atoms with van der Waals surface area (Å²) >= 11 is 1.40. The van der Waals surface area contributed by atoms with E-state index in [0.717, 1.165) is 4.90 Å². The van der Waals surface area contributed by atoms with Crippen LogP contribution in [0.2, 0.25) is 0 Å². The Morgan fingerprint density at radius 1 is 1.42 bits per heavy atom. The molecule has 2 atom stereocenters. The van der Waals surface area contributed by atoms with Gasteiger partial charge in [-0.25, -0.2) is 4.79 Å². The number of carbonyl (C=O) groups is 3. The summed E-state index contributed by atoms with van der Waals surface area (Å²) in [5, 5.41) is 15.2. The molecule has 2 aliphatic rings. The number of fused-ring (bicyclic) bond motifs is 1. The lowest BCUT2D eigenvalue weighted by Gasteiger charge is -2.58. The van der Waals surface area contributed by atoms with Crippen molar-refractivity contribution in [3.05, 3.63) is 23.8 Å². The van der Waals surface area contributed by atoms with Crippen LogP contribution in [0, 0.1) is 5.41 Å². The Balaban J connectivity index is 1.83. The molecule has 3 rings (SSSR count). The van der Waals surface area contributed by atoms with Crippen molar-refractivity contribution in [2.24, 2.45) is 5.41 Å². The summed E-state index contributed by atoms with van der Waals surface area (Å²) < 4.78 is 5.61. The predicted molar refractivity (Wildman–Crippen MR) is 97.4 cm³/mol. The molecule has 8 heteroatoms. The van der Waals surface area contributed by atoms with Crippen LogP contribution in [0.1, 0.15) is 37.6 Å². The molecular weight excluding hydrogens is 356 g/mol. The molecule has 0 spiro atoms. The fourth-order valence-electron chi connectivity index (χ4n) is 3.53. The normalized spacial score (nSPS) is 26.3. The zero-order chi connectivity index (χ0) is 19.1. The Morgan fingerprint density at radius 3 is 2.77 bits per heavy atom. The van der Waals surface area contributed by atoms with Gasteiger partial charge in [-0.05, 0) is 25.1 Å². The highest BCUT2D eigenvalue weighted by Crippen LogP contribution is 2.51. The molecule has 1 fully saturated rings. The van der Waals surface area contributed by atoms with E-state index in [4.69, 9.17) is 4.74 Å². The average molecular weight is 378 g/mol. The number of nitrogens with one attached hydrogen (secondary N) is 2. The zero-order valence-corrected chi connectivity index (χ0v) is 15.7. The largest absolute Gasteiger partial charge is 0.479 e. The van der Waals surface area contributed by atoms with Crippen LogP contribution in [0.5, 0.6) is 0 Å². The van der Waals surface area contributed by atoms with Gasteiger partial charge in [-0.15, -0.1) is 11.8 Å². The molecule has 1 saturated carbocycles. The lowest BCUT2D eigenvalue weighted by Crippen LogP contribution is -2.76. The van der Waals surface area contributed by atoms with Crippen molar-refractivity contribution in [2.45, 2.75) is 43.7 Å². The minimum atomic E-state index is -1.39. The molecule has 26 heavy (non-hydrogen) atoms. The fraction of sp³-hybridized carbons (Fsp3) is 0.500. The number of hydrogen-bond donors (Lipinski definition) is 3. The number of carbonyl (C=O) groups excluding carboxylic acids is 2. The number of aliphatic carboxylic acids is 1. The predicted octanol–water partition coefficient (Wildman–Crippen LogP) is 2.12. The zero-order valence-electron chi connectivity index (χ0n) is 14.9. The summed E-state index contributed by atoms with van der Waals surface area (Å²) in [7, 11) is 0. The van der Waals surface area contributed by atoms with E-state index in [1.807, 2.05) is 6.92 Å². The van der Waals surface area contributed by atoms with E-state index in [-0.39, 0.29) is 18.4 Å². The number of carboxylic acid groups (broad SMARTS) is 1. The van der Waals surface area contributed by atoms with Gasteiger partial charge in [0.05, 0.1) is 17.5 Å². The molecule has 1 aliphatic carbocycles. The van der Waals surface area contributed by atoms with Crippen LogP contribution in [0.4, 0.5) is 5.69 Å². The van der Waals surface area contributed by atoms with E-state index in [1.54, 1.807) is 32.0 Å². The molecule has 1 aliphatic heterocycles. The first-order valence-corrected chi connectivity index (χ1v) is 9.44. The van der Waals surface area contributed by atoms with Crippen LogP contribution in [-0.2, 0) is 14.3 Å². The third-order valence-corrected chi connectivity index (χ3v) is 6.40. The van der Waals surface area contributed by atoms with Gasteiger partial charge in [0, 0.05) is 28.9 Å². The molecule has 1 aromatic rings. The van der Waals surface area contributed by atoms with Gasteiger partial charge < -0.3 is 20.5 Å². The average Bonchev–Trinajstić information content (AvgIpc) is 2.59. The minimum Gasteiger partial charge on any atom is -0.479 e. The van der Waals surface area contributed by atoms with Crippen LogP contribution >= 0.6 is 11.8 Å². The monoisotopic (exact) mass is 378 g/mol. The molecule has 7 nitrogen and oxygen atoms in total. The number of ether oxygens (including phenoxy) is 1. The Bertz CT molecular complexity index is 779. The second kappa shape index (κ2) is 6.59. The number of hydrogen-bond acceptors (Lipinski definition) is 5. The Labute approximate surface area is 155 Å². The number of anilines is 1. The summed E-state index contributed by atoms with van der Waals surface area (Å²) in [6.07, 6.45) is -0.0185. The Hall–Kier alpha value is -2.06. The number of carboxylic acids is 1. The van der Waals surface area contributed by atoms with Crippen molar-refractivity contribution in [3.8, 4) is 0 Å². The molecule has 2 amide bonds. The van der Waals surface area contributed by atoms with Gasteiger partial charge in [0.25, 0.3) is 5.91 Å². The van der Waals surface area contributed by atoms with Gasteiger partial charge in [-0.3, -0.25) is 9.59 Å². The van der Waals surface area contributed by atoms with E-state index >= 15 is 0 Å². The van der Waals surface area contributed by atoms with Crippen molar-refractivity contribution >= 4 is 35.2 Å². The summed E-state index contributed by atoms with van der Waals surface area (Å²) in [5.74, 6) is -1.34. The second-order valence-corrected chi connectivity index (χ2v) is 8.10. The molecular formula is C18H22N2O5S. The molecule has 140 valence electrons. The molecule has 0 bridgehead atoms. The maximum Gasteiger partial charge on any atom is 0.330 e.